The van der Waals surface area contributed by atoms with Crippen LogP contribution in [0.3, 0.4) is 0 Å². The van der Waals surface area contributed by atoms with Gasteiger partial charge in [0.2, 0.25) is 11.8 Å². The van der Waals surface area contributed by atoms with Crippen LogP contribution in [0.2, 0.25) is 0 Å². The summed E-state index contributed by atoms with van der Waals surface area (Å²) >= 11 is 0. The van der Waals surface area contributed by atoms with Gasteiger partial charge in [0, 0.05) is 6.54 Å². The minimum atomic E-state index is -0.474. The molecule has 0 spiro atoms. The van der Waals surface area contributed by atoms with Crippen molar-refractivity contribution in [2.45, 2.75) is 19.0 Å². The highest BCUT2D eigenvalue weighted by molar-refractivity contribution is 6.05. The Morgan fingerprint density at radius 1 is 1.31 bits per heavy atom. The van der Waals surface area contributed by atoms with Crippen molar-refractivity contribution in [3.05, 3.63) is 35.6 Å². The Labute approximate surface area is 91.8 Å². The predicted molar refractivity (Wildman–Crippen MR) is 54.8 cm³/mol. The van der Waals surface area contributed by atoms with Gasteiger partial charge in [-0.25, -0.2) is 4.39 Å². The van der Waals surface area contributed by atoms with Crippen LogP contribution in [0.4, 0.5) is 4.39 Å². The first-order chi connectivity index (χ1) is 7.65. The first-order valence-corrected chi connectivity index (χ1v) is 4.96. The second-order valence-electron chi connectivity index (χ2n) is 3.68. The molecule has 0 aromatic heterocycles. The highest BCUT2D eigenvalue weighted by Gasteiger charge is 2.29. The molecular formula is C11H11FN2O2. The number of carbonyl (C=O) groups is 2. The lowest BCUT2D eigenvalue weighted by atomic mass is 10.2. The molecule has 1 fully saturated rings. The number of halogens is 1. The predicted octanol–water partition coefficient (Wildman–Crippen LogP) is 0.330. The fourth-order valence-corrected chi connectivity index (χ4v) is 1.56. The number of amides is 2. The van der Waals surface area contributed by atoms with Gasteiger partial charge in [0.05, 0.1) is 12.5 Å². The van der Waals surface area contributed by atoms with Gasteiger partial charge in [-0.3, -0.25) is 14.9 Å². The molecule has 2 amide bonds. The second kappa shape index (κ2) is 4.40. The molecule has 5 heteroatoms. The minimum Gasteiger partial charge on any atom is -0.301 e. The van der Waals surface area contributed by atoms with Crippen molar-refractivity contribution >= 4 is 11.8 Å². The summed E-state index contributed by atoms with van der Waals surface area (Å²) < 4.78 is 12.6. The molecule has 1 aromatic carbocycles. The Morgan fingerprint density at radius 2 is 2.00 bits per heavy atom. The van der Waals surface area contributed by atoms with Crippen molar-refractivity contribution in [2.75, 3.05) is 0 Å². The molecule has 2 rings (SSSR count). The number of carbonyl (C=O) groups excluding carboxylic acids is 2. The monoisotopic (exact) mass is 222 g/mol. The Balaban J connectivity index is 1.90. The number of hydrogen-bond acceptors (Lipinski definition) is 3. The van der Waals surface area contributed by atoms with Crippen LogP contribution >= 0.6 is 0 Å². The lowest BCUT2D eigenvalue weighted by Gasteiger charge is -2.08. The van der Waals surface area contributed by atoms with Crippen molar-refractivity contribution in [3.63, 3.8) is 0 Å². The van der Waals surface area contributed by atoms with E-state index in [-0.39, 0.29) is 24.1 Å². The smallest absolute Gasteiger partial charge is 0.244 e. The molecule has 84 valence electrons. The standard InChI is InChI=1S/C11H11FN2O2/c12-8-3-1-7(2-4-8)6-13-9-5-10(15)14-11(9)16/h1-4,9,13H,5-6H2,(H,14,15,16)/t9-/m0/s1. The van der Waals surface area contributed by atoms with E-state index in [2.05, 4.69) is 10.6 Å². The lowest BCUT2D eigenvalue weighted by Crippen LogP contribution is -2.35. The SMILES string of the molecule is O=C1C[C@H](NCc2ccc(F)cc2)C(=O)N1. The first kappa shape index (κ1) is 10.8. The van der Waals surface area contributed by atoms with E-state index in [1.54, 1.807) is 12.1 Å². The van der Waals surface area contributed by atoms with Gasteiger partial charge in [-0.1, -0.05) is 12.1 Å². The summed E-state index contributed by atoms with van der Waals surface area (Å²) in [6.07, 6.45) is 0.167. The third-order valence-corrected chi connectivity index (χ3v) is 2.43. The van der Waals surface area contributed by atoms with Gasteiger partial charge in [0.15, 0.2) is 0 Å². The van der Waals surface area contributed by atoms with Crippen LogP contribution < -0.4 is 10.6 Å². The van der Waals surface area contributed by atoms with E-state index in [4.69, 9.17) is 0 Å². The summed E-state index contributed by atoms with van der Waals surface area (Å²) in [4.78, 5) is 22.1. The van der Waals surface area contributed by atoms with Crippen LogP contribution in [0.5, 0.6) is 0 Å². The molecule has 2 N–H and O–H groups in total. The van der Waals surface area contributed by atoms with Crippen LogP contribution in [-0.4, -0.2) is 17.9 Å². The average molecular weight is 222 g/mol. The third kappa shape index (κ3) is 2.43. The quantitative estimate of drug-likeness (QED) is 0.725. The highest BCUT2D eigenvalue weighted by Crippen LogP contribution is 2.05. The van der Waals surface area contributed by atoms with E-state index in [9.17, 15) is 14.0 Å². The number of nitrogens with one attached hydrogen (secondary N) is 2. The zero-order valence-electron chi connectivity index (χ0n) is 8.50. The molecule has 0 aliphatic carbocycles. The molecule has 1 atom stereocenters. The van der Waals surface area contributed by atoms with E-state index < -0.39 is 6.04 Å². The highest BCUT2D eigenvalue weighted by atomic mass is 19.1. The van der Waals surface area contributed by atoms with Crippen molar-refractivity contribution < 1.29 is 14.0 Å². The van der Waals surface area contributed by atoms with Gasteiger partial charge in [-0.15, -0.1) is 0 Å². The van der Waals surface area contributed by atoms with Crippen molar-refractivity contribution in [3.8, 4) is 0 Å². The molecule has 1 aromatic rings. The zero-order chi connectivity index (χ0) is 11.5. The van der Waals surface area contributed by atoms with E-state index >= 15 is 0 Å². The molecule has 4 nitrogen and oxygen atoms in total. The number of hydrogen-bond donors (Lipinski definition) is 2. The lowest BCUT2D eigenvalue weighted by molar-refractivity contribution is -0.125. The average Bonchev–Trinajstić information content (AvgIpc) is 2.57. The van der Waals surface area contributed by atoms with Crippen LogP contribution in [0.25, 0.3) is 0 Å². The largest absolute Gasteiger partial charge is 0.301 e. The summed E-state index contributed by atoms with van der Waals surface area (Å²) in [6, 6.07) is 5.51. The number of imide groups is 1. The van der Waals surface area contributed by atoms with Crippen molar-refractivity contribution in [1.29, 1.82) is 0 Å². The molecule has 1 aliphatic rings. The van der Waals surface area contributed by atoms with Crippen LogP contribution in [0.1, 0.15) is 12.0 Å². The van der Waals surface area contributed by atoms with Gasteiger partial charge in [0.1, 0.15) is 5.82 Å². The molecule has 16 heavy (non-hydrogen) atoms. The summed E-state index contributed by atoms with van der Waals surface area (Å²) in [5.74, 6) is -0.855. The number of benzene rings is 1. The molecule has 0 bridgehead atoms. The molecule has 1 aliphatic heterocycles. The van der Waals surface area contributed by atoms with E-state index in [1.807, 2.05) is 0 Å². The van der Waals surface area contributed by atoms with E-state index in [0.717, 1.165) is 5.56 Å². The van der Waals surface area contributed by atoms with Gasteiger partial charge < -0.3 is 5.32 Å². The van der Waals surface area contributed by atoms with Gasteiger partial charge in [-0.05, 0) is 17.7 Å². The van der Waals surface area contributed by atoms with Gasteiger partial charge in [0.25, 0.3) is 0 Å². The fourth-order valence-electron chi connectivity index (χ4n) is 1.56. The zero-order valence-corrected chi connectivity index (χ0v) is 8.50. The molecule has 0 radical (unpaired) electrons. The molecule has 0 unspecified atom stereocenters. The van der Waals surface area contributed by atoms with Gasteiger partial charge in [-0.2, -0.15) is 0 Å². The first-order valence-electron chi connectivity index (χ1n) is 4.96. The normalized spacial score (nSPS) is 19.9. The summed E-state index contributed by atoms with van der Waals surface area (Å²) in [5, 5.41) is 5.15. The Morgan fingerprint density at radius 3 is 2.56 bits per heavy atom. The molecule has 1 saturated heterocycles. The maximum Gasteiger partial charge on any atom is 0.244 e. The maximum atomic E-state index is 12.6. The Bertz CT molecular complexity index is 416. The number of rotatable bonds is 3. The molecule has 0 saturated carbocycles. The third-order valence-electron chi connectivity index (χ3n) is 2.43. The summed E-state index contributed by atoms with van der Waals surface area (Å²) in [7, 11) is 0. The second-order valence-corrected chi connectivity index (χ2v) is 3.68. The maximum absolute atomic E-state index is 12.6. The Kier molecular flexibility index (Phi) is 2.96. The van der Waals surface area contributed by atoms with Crippen LogP contribution in [0.15, 0.2) is 24.3 Å². The molecule has 1 heterocycles. The minimum absolute atomic E-state index is 0.167. The fraction of sp³-hybridized carbons (Fsp3) is 0.273. The summed E-state index contributed by atoms with van der Waals surface area (Å²) in [5.41, 5.74) is 0.869. The summed E-state index contributed by atoms with van der Waals surface area (Å²) in [6.45, 7) is 0.436. The van der Waals surface area contributed by atoms with Crippen molar-refractivity contribution in [1.82, 2.24) is 10.6 Å². The van der Waals surface area contributed by atoms with Crippen LogP contribution in [-0.2, 0) is 16.1 Å². The van der Waals surface area contributed by atoms with Crippen molar-refractivity contribution in [2.24, 2.45) is 0 Å². The van der Waals surface area contributed by atoms with E-state index in [1.165, 1.54) is 12.1 Å². The topological polar surface area (TPSA) is 58.2 Å². The van der Waals surface area contributed by atoms with E-state index in [0.29, 0.717) is 6.54 Å². The van der Waals surface area contributed by atoms with Crippen LogP contribution in [0, 0.1) is 5.82 Å². The molecular weight excluding hydrogens is 211 g/mol. The van der Waals surface area contributed by atoms with Gasteiger partial charge >= 0.3 is 0 Å². The Hall–Kier alpha value is -1.75.